The molecule has 3 atom stereocenters. The molecule has 18 heavy (non-hydrogen) atoms. The third-order valence-corrected chi connectivity index (χ3v) is 7.16. The normalized spacial score (nSPS) is 37.1. The lowest BCUT2D eigenvalue weighted by Crippen LogP contribution is -2.41. The van der Waals surface area contributed by atoms with E-state index >= 15 is 0 Å². The molecule has 3 fully saturated rings. The van der Waals surface area contributed by atoms with E-state index in [0.29, 0.717) is 5.91 Å². The Morgan fingerprint density at radius 2 is 1.83 bits per heavy atom. The number of rotatable bonds is 1. The Kier molecular flexibility index (Phi) is 4.42. The van der Waals surface area contributed by atoms with Gasteiger partial charge in [-0.25, -0.2) is 0 Å². The average molecular weight is 286 g/mol. The van der Waals surface area contributed by atoms with Crippen molar-refractivity contribution in [2.24, 2.45) is 11.8 Å². The molecule has 3 rings (SSSR count). The minimum Gasteiger partial charge on any atom is -0.342 e. The van der Waals surface area contributed by atoms with Crippen molar-refractivity contribution in [3.8, 4) is 0 Å². The zero-order valence-electron chi connectivity index (χ0n) is 10.8. The van der Waals surface area contributed by atoms with Crippen LogP contribution in [0.1, 0.15) is 12.8 Å². The molecule has 0 spiro atoms. The lowest BCUT2D eigenvalue weighted by molar-refractivity contribution is -0.130. The highest BCUT2D eigenvalue weighted by atomic mass is 32.2. The van der Waals surface area contributed by atoms with Crippen LogP contribution in [0, 0.1) is 11.8 Å². The molecule has 0 aromatic heterocycles. The van der Waals surface area contributed by atoms with E-state index in [0.717, 1.165) is 36.4 Å². The lowest BCUT2D eigenvalue weighted by Gasteiger charge is -2.28. The van der Waals surface area contributed by atoms with E-state index in [1.54, 1.807) is 0 Å². The van der Waals surface area contributed by atoms with Crippen molar-refractivity contribution in [2.45, 2.75) is 18.1 Å². The topological polar surface area (TPSA) is 32.3 Å². The number of fused-ring (bicyclic) bond motifs is 1. The number of carbonyl (C=O) groups is 1. The van der Waals surface area contributed by atoms with Gasteiger partial charge < -0.3 is 10.2 Å². The van der Waals surface area contributed by atoms with Crippen molar-refractivity contribution in [3.05, 3.63) is 0 Å². The second-order valence-corrected chi connectivity index (χ2v) is 7.98. The van der Waals surface area contributed by atoms with Gasteiger partial charge in [0.2, 0.25) is 5.91 Å². The number of likely N-dealkylation sites (tertiary alicyclic amines) is 1. The summed E-state index contributed by atoms with van der Waals surface area (Å²) in [6.45, 7) is 4.31. The van der Waals surface area contributed by atoms with E-state index in [4.69, 9.17) is 0 Å². The van der Waals surface area contributed by atoms with Crippen LogP contribution in [0.25, 0.3) is 0 Å². The standard InChI is InChI=1S/C13H22N2OS2/c16-13(12-9-17-5-6-18-12)15-3-1-10-7-14-8-11(10)2-4-15/h10-12,14H,1-9H2/t10-,11+,12?. The fraction of sp³-hybridized carbons (Fsp3) is 0.923. The number of amides is 1. The Hall–Kier alpha value is 0.130. The summed E-state index contributed by atoms with van der Waals surface area (Å²) >= 11 is 3.81. The molecular weight excluding hydrogens is 264 g/mol. The van der Waals surface area contributed by atoms with Gasteiger partial charge >= 0.3 is 0 Å². The summed E-state index contributed by atoms with van der Waals surface area (Å²) in [6.07, 6.45) is 2.40. The highest BCUT2D eigenvalue weighted by Gasteiger charge is 2.33. The molecule has 1 unspecified atom stereocenters. The molecule has 0 bridgehead atoms. The van der Waals surface area contributed by atoms with E-state index in [9.17, 15) is 4.79 Å². The minimum absolute atomic E-state index is 0.236. The van der Waals surface area contributed by atoms with Gasteiger partial charge in [0.1, 0.15) is 0 Å². The van der Waals surface area contributed by atoms with Gasteiger partial charge in [0.25, 0.3) is 0 Å². The fourth-order valence-corrected chi connectivity index (χ4v) is 5.90. The van der Waals surface area contributed by atoms with Crippen LogP contribution in [0.15, 0.2) is 0 Å². The predicted octanol–water partition coefficient (Wildman–Crippen LogP) is 1.29. The summed E-state index contributed by atoms with van der Waals surface area (Å²) in [4.78, 5) is 14.7. The maximum atomic E-state index is 12.5. The molecule has 1 amide bonds. The Balaban J connectivity index is 1.57. The molecule has 3 aliphatic heterocycles. The largest absolute Gasteiger partial charge is 0.342 e. The molecule has 0 aromatic carbocycles. The number of nitrogens with zero attached hydrogens (tertiary/aromatic N) is 1. The van der Waals surface area contributed by atoms with Crippen molar-refractivity contribution < 1.29 is 4.79 Å². The maximum absolute atomic E-state index is 12.5. The monoisotopic (exact) mass is 286 g/mol. The second kappa shape index (κ2) is 6.06. The molecule has 3 saturated heterocycles. The van der Waals surface area contributed by atoms with E-state index in [2.05, 4.69) is 10.2 Å². The van der Waals surface area contributed by atoms with Gasteiger partial charge in [0, 0.05) is 30.3 Å². The van der Waals surface area contributed by atoms with Crippen molar-refractivity contribution in [1.82, 2.24) is 10.2 Å². The van der Waals surface area contributed by atoms with Crippen LogP contribution in [0.2, 0.25) is 0 Å². The first-order valence-electron chi connectivity index (χ1n) is 7.03. The first-order valence-corrected chi connectivity index (χ1v) is 9.24. The Bertz CT molecular complexity index is 293. The van der Waals surface area contributed by atoms with Gasteiger partial charge in [-0.1, -0.05) is 0 Å². The van der Waals surface area contributed by atoms with Crippen molar-refractivity contribution in [2.75, 3.05) is 43.4 Å². The Labute approximate surface area is 118 Å². The van der Waals surface area contributed by atoms with Crippen molar-refractivity contribution >= 4 is 29.4 Å². The molecule has 102 valence electrons. The summed E-state index contributed by atoms with van der Waals surface area (Å²) in [5.74, 6) is 5.43. The molecule has 0 radical (unpaired) electrons. The molecule has 3 aliphatic rings. The van der Waals surface area contributed by atoms with Crippen LogP contribution in [-0.2, 0) is 4.79 Å². The van der Waals surface area contributed by atoms with Crippen LogP contribution in [0.4, 0.5) is 0 Å². The van der Waals surface area contributed by atoms with Gasteiger partial charge in [-0.05, 0) is 37.8 Å². The average Bonchev–Trinajstić information content (AvgIpc) is 2.78. The first-order chi connectivity index (χ1) is 8.84. The SMILES string of the molecule is O=C(C1CSCCS1)N1CC[C@@H]2CNC[C@@H]2CC1. The number of hydrogen-bond donors (Lipinski definition) is 1. The maximum Gasteiger partial charge on any atom is 0.236 e. The van der Waals surface area contributed by atoms with Crippen molar-refractivity contribution in [3.63, 3.8) is 0 Å². The van der Waals surface area contributed by atoms with Crippen LogP contribution >= 0.6 is 23.5 Å². The molecule has 3 nitrogen and oxygen atoms in total. The third-order valence-electron chi connectivity index (χ3n) is 4.42. The number of nitrogens with one attached hydrogen (secondary N) is 1. The lowest BCUT2D eigenvalue weighted by atomic mass is 9.92. The van der Waals surface area contributed by atoms with E-state index in [-0.39, 0.29) is 5.25 Å². The smallest absolute Gasteiger partial charge is 0.236 e. The zero-order valence-corrected chi connectivity index (χ0v) is 12.4. The van der Waals surface area contributed by atoms with Crippen LogP contribution in [0.5, 0.6) is 0 Å². The molecule has 1 N–H and O–H groups in total. The fourth-order valence-electron chi connectivity index (χ4n) is 3.27. The number of thioether (sulfide) groups is 2. The highest BCUT2D eigenvalue weighted by Crippen LogP contribution is 2.30. The summed E-state index contributed by atoms with van der Waals surface area (Å²) in [7, 11) is 0. The molecule has 5 heteroatoms. The summed E-state index contributed by atoms with van der Waals surface area (Å²) in [6, 6.07) is 0. The molecule has 0 aliphatic carbocycles. The van der Waals surface area contributed by atoms with Crippen molar-refractivity contribution in [1.29, 1.82) is 0 Å². The van der Waals surface area contributed by atoms with Gasteiger partial charge in [0.05, 0.1) is 5.25 Å². The molecule has 3 heterocycles. The quantitative estimate of drug-likeness (QED) is 0.787. The second-order valence-electron chi connectivity index (χ2n) is 5.52. The number of carbonyl (C=O) groups excluding carboxylic acids is 1. The molecular formula is C13H22N2OS2. The van der Waals surface area contributed by atoms with Gasteiger partial charge in [-0.3, -0.25) is 4.79 Å². The van der Waals surface area contributed by atoms with Crippen LogP contribution in [-0.4, -0.2) is 59.5 Å². The van der Waals surface area contributed by atoms with E-state index in [1.165, 1.54) is 31.7 Å². The van der Waals surface area contributed by atoms with Gasteiger partial charge in [-0.15, -0.1) is 11.8 Å². The predicted molar refractivity (Wildman–Crippen MR) is 79.2 cm³/mol. The van der Waals surface area contributed by atoms with Gasteiger partial charge in [0.15, 0.2) is 0 Å². The van der Waals surface area contributed by atoms with Crippen LogP contribution in [0.3, 0.4) is 0 Å². The molecule has 0 aromatic rings. The Morgan fingerprint density at radius 3 is 2.44 bits per heavy atom. The zero-order chi connectivity index (χ0) is 12.4. The van der Waals surface area contributed by atoms with Gasteiger partial charge in [-0.2, -0.15) is 11.8 Å². The van der Waals surface area contributed by atoms with E-state index < -0.39 is 0 Å². The first kappa shape index (κ1) is 13.1. The van der Waals surface area contributed by atoms with Crippen LogP contribution < -0.4 is 5.32 Å². The number of hydrogen-bond acceptors (Lipinski definition) is 4. The Morgan fingerprint density at radius 1 is 1.11 bits per heavy atom. The third kappa shape index (κ3) is 2.83. The highest BCUT2D eigenvalue weighted by molar-refractivity contribution is 8.07. The summed E-state index contributed by atoms with van der Waals surface area (Å²) < 4.78 is 0. The minimum atomic E-state index is 0.236. The summed E-state index contributed by atoms with van der Waals surface area (Å²) in [5.41, 5.74) is 0. The van der Waals surface area contributed by atoms with E-state index in [1.807, 2.05) is 23.5 Å². The molecule has 0 saturated carbocycles. The summed E-state index contributed by atoms with van der Waals surface area (Å²) in [5, 5.41) is 3.72.